The smallest absolute Gasteiger partial charge is 0.333 e. The van der Waals surface area contributed by atoms with Crippen molar-refractivity contribution in [2.45, 2.75) is 26.9 Å². The molecule has 0 aliphatic heterocycles. The highest BCUT2D eigenvalue weighted by atomic mass is 16.5. The van der Waals surface area contributed by atoms with Crippen molar-refractivity contribution in [1.82, 2.24) is 5.32 Å². The van der Waals surface area contributed by atoms with E-state index in [-0.39, 0.29) is 18.0 Å². The van der Waals surface area contributed by atoms with Gasteiger partial charge < -0.3 is 15.2 Å². The highest BCUT2D eigenvalue weighted by molar-refractivity contribution is 5.87. The average molecular weight is 215 g/mol. The van der Waals surface area contributed by atoms with Crippen molar-refractivity contribution < 1.29 is 14.6 Å². The van der Waals surface area contributed by atoms with E-state index in [9.17, 15) is 9.90 Å². The first-order valence-corrected chi connectivity index (χ1v) is 5.13. The molecule has 0 fully saturated rings. The molecule has 0 amide bonds. The van der Waals surface area contributed by atoms with Crippen LogP contribution in [-0.4, -0.2) is 37.4 Å². The molecule has 0 saturated carbocycles. The lowest BCUT2D eigenvalue weighted by molar-refractivity contribution is -0.136. The van der Waals surface area contributed by atoms with Crippen LogP contribution >= 0.6 is 0 Å². The Morgan fingerprint density at radius 1 is 1.53 bits per heavy atom. The summed E-state index contributed by atoms with van der Waals surface area (Å²) < 4.78 is 4.54. The molecule has 0 radical (unpaired) electrons. The first kappa shape index (κ1) is 14.1. The van der Waals surface area contributed by atoms with Gasteiger partial charge in [0.1, 0.15) is 0 Å². The molecule has 0 heterocycles. The Morgan fingerprint density at radius 2 is 2.13 bits per heavy atom. The van der Waals surface area contributed by atoms with Crippen molar-refractivity contribution in [3.63, 3.8) is 0 Å². The minimum atomic E-state index is -0.350. The summed E-state index contributed by atoms with van der Waals surface area (Å²) in [4.78, 5) is 11.0. The van der Waals surface area contributed by atoms with E-state index in [1.807, 2.05) is 13.8 Å². The second-order valence-corrected chi connectivity index (χ2v) is 3.85. The normalized spacial score (nSPS) is 14.1. The minimum absolute atomic E-state index is 0.239. The van der Waals surface area contributed by atoms with Gasteiger partial charge in [-0.2, -0.15) is 0 Å². The van der Waals surface area contributed by atoms with Crippen molar-refractivity contribution in [2.24, 2.45) is 5.92 Å². The second-order valence-electron chi connectivity index (χ2n) is 3.85. The van der Waals surface area contributed by atoms with Gasteiger partial charge in [0.15, 0.2) is 0 Å². The number of methoxy groups -OCH3 is 1. The summed E-state index contributed by atoms with van der Waals surface area (Å²) in [5, 5.41) is 12.5. The summed E-state index contributed by atoms with van der Waals surface area (Å²) in [6.45, 7) is 6.71. The Morgan fingerprint density at radius 3 is 2.60 bits per heavy atom. The molecule has 1 atom stereocenters. The lowest BCUT2D eigenvalue weighted by Gasteiger charge is -2.14. The molecule has 0 rings (SSSR count). The van der Waals surface area contributed by atoms with Crippen LogP contribution in [-0.2, 0) is 9.53 Å². The number of aliphatic hydroxyl groups is 1. The van der Waals surface area contributed by atoms with Gasteiger partial charge in [-0.25, -0.2) is 4.79 Å². The Labute approximate surface area is 91.3 Å². The minimum Gasteiger partial charge on any atom is -0.466 e. The molecule has 1 unspecified atom stereocenters. The summed E-state index contributed by atoms with van der Waals surface area (Å²) in [6, 6.07) is 0. The first-order chi connectivity index (χ1) is 6.99. The number of esters is 1. The largest absolute Gasteiger partial charge is 0.466 e. The number of hydrogen-bond acceptors (Lipinski definition) is 4. The van der Waals surface area contributed by atoms with Gasteiger partial charge in [0.2, 0.25) is 0 Å². The molecule has 88 valence electrons. The number of aliphatic hydroxyl groups excluding tert-OH is 1. The van der Waals surface area contributed by atoms with Crippen LogP contribution in [0.25, 0.3) is 0 Å². The molecule has 0 saturated heterocycles. The molecule has 4 heteroatoms. The van der Waals surface area contributed by atoms with Gasteiger partial charge in [0, 0.05) is 18.7 Å². The Bertz CT molecular complexity index is 224. The Hall–Kier alpha value is -0.870. The SMILES string of the molecule is COC(=O)C(C)=CCNCC(O)C(C)C. The van der Waals surface area contributed by atoms with Crippen LogP contribution in [0.4, 0.5) is 0 Å². The van der Waals surface area contributed by atoms with Crippen LogP contribution < -0.4 is 5.32 Å². The number of ether oxygens (including phenoxy) is 1. The molecule has 0 aromatic rings. The zero-order chi connectivity index (χ0) is 11.8. The molecule has 15 heavy (non-hydrogen) atoms. The van der Waals surface area contributed by atoms with Crippen molar-refractivity contribution in [3.05, 3.63) is 11.6 Å². The van der Waals surface area contributed by atoms with Crippen molar-refractivity contribution in [1.29, 1.82) is 0 Å². The number of rotatable bonds is 6. The van der Waals surface area contributed by atoms with Crippen LogP contribution in [0.1, 0.15) is 20.8 Å². The maximum absolute atomic E-state index is 11.0. The Kier molecular flexibility index (Phi) is 6.99. The van der Waals surface area contributed by atoms with Gasteiger partial charge in [-0.05, 0) is 12.8 Å². The van der Waals surface area contributed by atoms with E-state index in [1.54, 1.807) is 13.0 Å². The molecule has 4 nitrogen and oxygen atoms in total. The van der Waals surface area contributed by atoms with E-state index in [0.717, 1.165) is 0 Å². The molecule has 0 spiro atoms. The number of nitrogens with one attached hydrogen (secondary N) is 1. The standard InChI is InChI=1S/C11H21NO3/c1-8(2)10(13)7-12-6-5-9(3)11(14)15-4/h5,8,10,12-13H,6-7H2,1-4H3. The van der Waals surface area contributed by atoms with Crippen LogP contribution in [0.15, 0.2) is 11.6 Å². The molecule has 2 N–H and O–H groups in total. The van der Waals surface area contributed by atoms with Crippen LogP contribution in [0.5, 0.6) is 0 Å². The molecule has 0 aromatic heterocycles. The molecule has 0 aliphatic rings. The first-order valence-electron chi connectivity index (χ1n) is 5.13. The van der Waals surface area contributed by atoms with Gasteiger partial charge >= 0.3 is 5.97 Å². The van der Waals surface area contributed by atoms with Crippen LogP contribution in [0, 0.1) is 5.92 Å². The fourth-order valence-electron chi connectivity index (χ4n) is 0.937. The van der Waals surface area contributed by atoms with E-state index >= 15 is 0 Å². The second kappa shape index (κ2) is 7.43. The molecular weight excluding hydrogens is 194 g/mol. The highest BCUT2D eigenvalue weighted by Gasteiger charge is 2.07. The molecule has 0 aromatic carbocycles. The summed E-state index contributed by atoms with van der Waals surface area (Å²) in [5.41, 5.74) is 0.573. The van der Waals surface area contributed by atoms with Gasteiger partial charge in [-0.1, -0.05) is 19.9 Å². The quantitative estimate of drug-likeness (QED) is 0.389. The van der Waals surface area contributed by atoms with Crippen LogP contribution in [0.2, 0.25) is 0 Å². The lowest BCUT2D eigenvalue weighted by Crippen LogP contribution is -2.30. The highest BCUT2D eigenvalue weighted by Crippen LogP contribution is 1.99. The number of carbonyl (C=O) groups is 1. The van der Waals surface area contributed by atoms with Gasteiger partial charge in [-0.3, -0.25) is 0 Å². The average Bonchev–Trinajstić information content (AvgIpc) is 2.22. The maximum atomic E-state index is 11.0. The maximum Gasteiger partial charge on any atom is 0.333 e. The predicted octanol–water partition coefficient (Wildman–Crippen LogP) is 0.712. The summed E-state index contributed by atoms with van der Waals surface area (Å²) in [7, 11) is 1.36. The third-order valence-corrected chi connectivity index (χ3v) is 2.18. The molecule has 0 bridgehead atoms. The molecule has 0 aliphatic carbocycles. The van der Waals surface area contributed by atoms with Crippen molar-refractivity contribution in [3.8, 4) is 0 Å². The van der Waals surface area contributed by atoms with E-state index in [0.29, 0.717) is 18.7 Å². The summed E-state index contributed by atoms with van der Waals surface area (Å²) in [5.74, 6) is -0.0793. The van der Waals surface area contributed by atoms with Gasteiger partial charge in [0.25, 0.3) is 0 Å². The lowest BCUT2D eigenvalue weighted by atomic mass is 10.1. The van der Waals surface area contributed by atoms with Crippen molar-refractivity contribution >= 4 is 5.97 Å². The third-order valence-electron chi connectivity index (χ3n) is 2.18. The topological polar surface area (TPSA) is 58.6 Å². The van der Waals surface area contributed by atoms with E-state index in [4.69, 9.17) is 0 Å². The summed E-state index contributed by atoms with van der Waals surface area (Å²) >= 11 is 0. The number of carbonyl (C=O) groups excluding carboxylic acids is 1. The van der Waals surface area contributed by atoms with Gasteiger partial charge in [0.05, 0.1) is 13.2 Å². The zero-order valence-corrected chi connectivity index (χ0v) is 9.91. The fourth-order valence-corrected chi connectivity index (χ4v) is 0.937. The van der Waals surface area contributed by atoms with E-state index in [2.05, 4.69) is 10.1 Å². The Balaban J connectivity index is 3.74. The zero-order valence-electron chi connectivity index (χ0n) is 9.91. The molecular formula is C11H21NO3. The van der Waals surface area contributed by atoms with Crippen LogP contribution in [0.3, 0.4) is 0 Å². The fraction of sp³-hybridized carbons (Fsp3) is 0.727. The number of hydrogen-bond donors (Lipinski definition) is 2. The summed E-state index contributed by atoms with van der Waals surface area (Å²) in [6.07, 6.45) is 1.40. The van der Waals surface area contributed by atoms with Gasteiger partial charge in [-0.15, -0.1) is 0 Å². The monoisotopic (exact) mass is 215 g/mol. The van der Waals surface area contributed by atoms with E-state index in [1.165, 1.54) is 7.11 Å². The predicted molar refractivity (Wildman–Crippen MR) is 59.5 cm³/mol. The van der Waals surface area contributed by atoms with Crippen molar-refractivity contribution in [2.75, 3.05) is 20.2 Å². The van der Waals surface area contributed by atoms with E-state index < -0.39 is 0 Å². The third kappa shape index (κ3) is 6.25.